The monoisotopic (exact) mass is 301 g/mol. The Kier molecular flexibility index (Phi) is 3.81. The number of aryl methyl sites for hydroxylation is 1. The predicted octanol–water partition coefficient (Wildman–Crippen LogP) is 3.67. The number of carbonyl (C=O) groups excluding carboxylic acids is 1. The molecular formula is C17H16ClNO2. The maximum Gasteiger partial charge on any atom is 0.158 e. The van der Waals surface area contributed by atoms with Gasteiger partial charge in [0, 0.05) is 11.6 Å². The lowest BCUT2D eigenvalue weighted by Gasteiger charge is -2.15. The molecule has 1 fully saturated rings. The Morgan fingerprint density at radius 3 is 2.71 bits per heavy atom. The van der Waals surface area contributed by atoms with Crippen molar-refractivity contribution in [2.45, 2.75) is 12.8 Å². The average Bonchev–Trinajstić information content (AvgIpc) is 2.77. The molecule has 0 saturated carbocycles. The lowest BCUT2D eigenvalue weighted by molar-refractivity contribution is -0.122. The molecule has 0 radical (unpaired) electrons. The third-order valence-corrected chi connectivity index (χ3v) is 4.08. The van der Waals surface area contributed by atoms with Crippen LogP contribution in [0.5, 0.6) is 0 Å². The highest BCUT2D eigenvalue weighted by molar-refractivity contribution is 6.31. The maximum absolute atomic E-state index is 12.1. The van der Waals surface area contributed by atoms with Gasteiger partial charge in [-0.25, -0.2) is 0 Å². The fourth-order valence-corrected chi connectivity index (χ4v) is 3.01. The first-order chi connectivity index (χ1) is 10.0. The molecule has 0 aromatic heterocycles. The number of carbonyl (C=O) groups is 1. The molecule has 2 aromatic rings. The minimum Gasteiger partial charge on any atom is -0.314 e. The van der Waals surface area contributed by atoms with Crippen molar-refractivity contribution in [3.05, 3.63) is 58.6 Å². The molecule has 0 bridgehead atoms. The zero-order valence-electron chi connectivity index (χ0n) is 11.7. The quantitative estimate of drug-likeness (QED) is 0.920. The molecule has 1 aliphatic rings. The standard InChI is InChI=1S/C17H16ClNO2/c1-11-3-2-4-12(7-11)15-8-13(18)5-6-14(15)16-9-19(21)10-17(16)20/h2-8,16,21H,9-10H2,1H3. The van der Waals surface area contributed by atoms with Crippen LogP contribution in [0.4, 0.5) is 0 Å². The van der Waals surface area contributed by atoms with Crippen molar-refractivity contribution in [1.29, 1.82) is 0 Å². The Bertz CT molecular complexity index is 699. The summed E-state index contributed by atoms with van der Waals surface area (Å²) in [5, 5.41) is 11.3. The van der Waals surface area contributed by atoms with Gasteiger partial charge < -0.3 is 5.21 Å². The molecule has 1 heterocycles. The van der Waals surface area contributed by atoms with Crippen LogP contribution in [0.25, 0.3) is 11.1 Å². The summed E-state index contributed by atoms with van der Waals surface area (Å²) in [5.41, 5.74) is 4.07. The van der Waals surface area contributed by atoms with Gasteiger partial charge in [-0.3, -0.25) is 4.79 Å². The van der Waals surface area contributed by atoms with Gasteiger partial charge >= 0.3 is 0 Å². The van der Waals surface area contributed by atoms with Crippen molar-refractivity contribution in [2.24, 2.45) is 0 Å². The summed E-state index contributed by atoms with van der Waals surface area (Å²) in [4.78, 5) is 12.1. The molecule has 1 unspecified atom stereocenters. The van der Waals surface area contributed by atoms with E-state index in [0.29, 0.717) is 11.6 Å². The van der Waals surface area contributed by atoms with E-state index in [2.05, 4.69) is 6.07 Å². The molecule has 1 atom stereocenters. The topological polar surface area (TPSA) is 40.5 Å². The van der Waals surface area contributed by atoms with Crippen LogP contribution in [0.2, 0.25) is 5.02 Å². The Balaban J connectivity index is 2.12. The van der Waals surface area contributed by atoms with E-state index in [1.54, 1.807) is 6.07 Å². The smallest absolute Gasteiger partial charge is 0.158 e. The van der Waals surface area contributed by atoms with Gasteiger partial charge in [-0.1, -0.05) is 47.5 Å². The van der Waals surface area contributed by atoms with Crippen LogP contribution in [0.1, 0.15) is 17.0 Å². The summed E-state index contributed by atoms with van der Waals surface area (Å²) in [5.74, 6) is -0.267. The second-order valence-corrected chi connectivity index (χ2v) is 5.90. The minimum atomic E-state index is -0.303. The van der Waals surface area contributed by atoms with Crippen LogP contribution < -0.4 is 0 Å². The fourth-order valence-electron chi connectivity index (χ4n) is 2.83. The van der Waals surface area contributed by atoms with Gasteiger partial charge in [-0.15, -0.1) is 0 Å². The first kappa shape index (κ1) is 14.3. The number of benzene rings is 2. The number of halogens is 1. The molecule has 21 heavy (non-hydrogen) atoms. The van der Waals surface area contributed by atoms with E-state index < -0.39 is 0 Å². The van der Waals surface area contributed by atoms with E-state index in [4.69, 9.17) is 11.6 Å². The van der Waals surface area contributed by atoms with E-state index in [9.17, 15) is 10.0 Å². The summed E-state index contributed by atoms with van der Waals surface area (Å²) in [6.45, 7) is 2.45. The minimum absolute atomic E-state index is 0.0359. The number of hydrogen-bond donors (Lipinski definition) is 1. The zero-order valence-corrected chi connectivity index (χ0v) is 12.5. The van der Waals surface area contributed by atoms with Crippen LogP contribution in [-0.4, -0.2) is 29.1 Å². The van der Waals surface area contributed by atoms with Crippen LogP contribution >= 0.6 is 11.6 Å². The molecule has 0 aliphatic carbocycles. The van der Waals surface area contributed by atoms with E-state index in [1.807, 2.05) is 37.3 Å². The third kappa shape index (κ3) is 2.86. The second kappa shape index (κ2) is 5.60. The Morgan fingerprint density at radius 1 is 1.24 bits per heavy atom. The molecule has 1 saturated heterocycles. The highest BCUT2D eigenvalue weighted by Gasteiger charge is 2.32. The Hall–Kier alpha value is -1.68. The molecule has 108 valence electrons. The number of hydroxylamine groups is 2. The molecule has 3 nitrogen and oxygen atoms in total. The van der Waals surface area contributed by atoms with Crippen molar-refractivity contribution in [2.75, 3.05) is 13.1 Å². The molecule has 1 aliphatic heterocycles. The fraction of sp³-hybridized carbons (Fsp3) is 0.235. The summed E-state index contributed by atoms with van der Waals surface area (Å²) in [7, 11) is 0. The van der Waals surface area contributed by atoms with Crippen molar-refractivity contribution in [3.8, 4) is 11.1 Å². The molecule has 2 aromatic carbocycles. The van der Waals surface area contributed by atoms with Gasteiger partial charge in [-0.05, 0) is 35.7 Å². The zero-order chi connectivity index (χ0) is 15.0. The molecule has 4 heteroatoms. The van der Waals surface area contributed by atoms with Gasteiger partial charge in [0.2, 0.25) is 0 Å². The van der Waals surface area contributed by atoms with E-state index in [1.165, 1.54) is 0 Å². The van der Waals surface area contributed by atoms with Crippen molar-refractivity contribution in [1.82, 2.24) is 5.06 Å². The summed E-state index contributed by atoms with van der Waals surface area (Å²) < 4.78 is 0. The molecule has 3 rings (SSSR count). The lowest BCUT2D eigenvalue weighted by atomic mass is 9.89. The number of Topliss-reactive ketones (excluding diaryl/α,β-unsaturated/α-hetero) is 1. The van der Waals surface area contributed by atoms with Crippen LogP contribution in [0, 0.1) is 6.92 Å². The van der Waals surface area contributed by atoms with Crippen LogP contribution in [0.15, 0.2) is 42.5 Å². The highest BCUT2D eigenvalue weighted by Crippen LogP contribution is 2.34. The second-order valence-electron chi connectivity index (χ2n) is 5.47. The van der Waals surface area contributed by atoms with Gasteiger partial charge in [0.1, 0.15) is 0 Å². The Labute approximate surface area is 128 Å². The van der Waals surface area contributed by atoms with Crippen molar-refractivity contribution >= 4 is 17.4 Å². The number of ketones is 1. The number of hydrogen-bond acceptors (Lipinski definition) is 3. The van der Waals surface area contributed by atoms with E-state index in [0.717, 1.165) is 27.3 Å². The predicted molar refractivity (Wildman–Crippen MR) is 82.7 cm³/mol. The largest absolute Gasteiger partial charge is 0.314 e. The molecule has 0 spiro atoms. The first-order valence-corrected chi connectivity index (χ1v) is 7.25. The van der Waals surface area contributed by atoms with Gasteiger partial charge in [-0.2, -0.15) is 5.06 Å². The first-order valence-electron chi connectivity index (χ1n) is 6.87. The number of rotatable bonds is 2. The average molecular weight is 302 g/mol. The molecular weight excluding hydrogens is 286 g/mol. The SMILES string of the molecule is Cc1cccc(-c2cc(Cl)ccc2C2CN(O)CC2=O)c1. The Morgan fingerprint density at radius 2 is 2.05 bits per heavy atom. The van der Waals surface area contributed by atoms with Gasteiger partial charge in [0.15, 0.2) is 5.78 Å². The van der Waals surface area contributed by atoms with Crippen molar-refractivity contribution in [3.63, 3.8) is 0 Å². The van der Waals surface area contributed by atoms with Gasteiger partial charge in [0.25, 0.3) is 0 Å². The van der Waals surface area contributed by atoms with E-state index >= 15 is 0 Å². The summed E-state index contributed by atoms with van der Waals surface area (Å²) >= 11 is 6.13. The maximum atomic E-state index is 12.1. The molecule has 0 amide bonds. The summed E-state index contributed by atoms with van der Waals surface area (Å²) in [6, 6.07) is 13.7. The van der Waals surface area contributed by atoms with Crippen molar-refractivity contribution < 1.29 is 10.0 Å². The molecule has 1 N–H and O–H groups in total. The lowest BCUT2D eigenvalue weighted by Crippen LogP contribution is -2.14. The summed E-state index contributed by atoms with van der Waals surface area (Å²) in [6.07, 6.45) is 0. The highest BCUT2D eigenvalue weighted by atomic mass is 35.5. The normalized spacial score (nSPS) is 19.2. The van der Waals surface area contributed by atoms with Crippen LogP contribution in [-0.2, 0) is 4.79 Å². The van der Waals surface area contributed by atoms with Gasteiger partial charge in [0.05, 0.1) is 12.5 Å². The van der Waals surface area contributed by atoms with Crippen LogP contribution in [0.3, 0.4) is 0 Å². The van der Waals surface area contributed by atoms with E-state index in [-0.39, 0.29) is 18.2 Å². The third-order valence-electron chi connectivity index (χ3n) is 3.84. The number of nitrogens with zero attached hydrogens (tertiary/aromatic N) is 1.